The fraction of sp³-hybridized carbons (Fsp3) is 0.385. The Morgan fingerprint density at radius 2 is 1.82 bits per heavy atom. The fourth-order valence-corrected chi connectivity index (χ4v) is 4.47. The van der Waals surface area contributed by atoms with Gasteiger partial charge in [0.05, 0.1) is 5.69 Å². The SMILES string of the molecule is CC(C)(C)c1cc(N2CCCC2)nc(SCc2ccc(C(=O)NCc3cccnc3)cc2)n1. The number of thioether (sulfide) groups is 1. The second-order valence-corrected chi connectivity index (χ2v) is 10.3. The maximum atomic E-state index is 12.4. The Bertz CT molecular complexity index is 1070. The highest BCUT2D eigenvalue weighted by Crippen LogP contribution is 2.29. The summed E-state index contributed by atoms with van der Waals surface area (Å²) in [5.41, 5.74) is 3.80. The van der Waals surface area contributed by atoms with Crippen molar-refractivity contribution in [2.45, 2.75) is 56.5 Å². The Morgan fingerprint density at radius 1 is 1.06 bits per heavy atom. The predicted octanol–water partition coefficient (Wildman–Crippen LogP) is 4.99. The number of carbonyl (C=O) groups excluding carboxylic acids is 1. The van der Waals surface area contributed by atoms with Gasteiger partial charge in [-0.3, -0.25) is 9.78 Å². The van der Waals surface area contributed by atoms with Gasteiger partial charge in [0.15, 0.2) is 5.16 Å². The van der Waals surface area contributed by atoms with Crippen molar-refractivity contribution in [1.29, 1.82) is 0 Å². The van der Waals surface area contributed by atoms with Crippen molar-refractivity contribution in [3.8, 4) is 0 Å². The van der Waals surface area contributed by atoms with Crippen LogP contribution in [0.15, 0.2) is 60.0 Å². The smallest absolute Gasteiger partial charge is 0.251 e. The maximum Gasteiger partial charge on any atom is 0.251 e. The van der Waals surface area contributed by atoms with Gasteiger partial charge >= 0.3 is 0 Å². The standard InChI is InChI=1S/C26H31N5OS/c1-26(2,3)22-15-23(31-13-4-5-14-31)30-25(29-22)33-18-19-8-10-21(11-9-19)24(32)28-17-20-7-6-12-27-16-20/h6-12,15-16H,4-5,13-14,17-18H2,1-3H3,(H,28,32). The first-order valence-corrected chi connectivity index (χ1v) is 12.4. The molecule has 0 bridgehead atoms. The lowest BCUT2D eigenvalue weighted by molar-refractivity contribution is 0.0951. The summed E-state index contributed by atoms with van der Waals surface area (Å²) >= 11 is 1.64. The first-order valence-electron chi connectivity index (χ1n) is 11.4. The minimum absolute atomic E-state index is 0.0302. The van der Waals surface area contributed by atoms with E-state index >= 15 is 0 Å². The topological polar surface area (TPSA) is 71.0 Å². The van der Waals surface area contributed by atoms with Crippen molar-refractivity contribution in [2.24, 2.45) is 0 Å². The molecule has 1 aromatic carbocycles. The van der Waals surface area contributed by atoms with Crippen molar-refractivity contribution >= 4 is 23.5 Å². The average Bonchev–Trinajstić information content (AvgIpc) is 3.37. The van der Waals surface area contributed by atoms with Crippen molar-refractivity contribution in [3.63, 3.8) is 0 Å². The molecule has 33 heavy (non-hydrogen) atoms. The molecule has 0 unspecified atom stereocenters. The van der Waals surface area contributed by atoms with Crippen LogP contribution in [-0.4, -0.2) is 33.9 Å². The number of anilines is 1. The van der Waals surface area contributed by atoms with Gasteiger partial charge in [0.1, 0.15) is 5.82 Å². The molecule has 0 radical (unpaired) electrons. The molecular formula is C26H31N5OS. The van der Waals surface area contributed by atoms with E-state index in [1.807, 2.05) is 36.4 Å². The number of hydrogen-bond acceptors (Lipinski definition) is 6. The van der Waals surface area contributed by atoms with Gasteiger partial charge in [0.2, 0.25) is 0 Å². The molecule has 1 aliphatic rings. The molecule has 0 saturated carbocycles. The zero-order valence-corrected chi connectivity index (χ0v) is 20.4. The second-order valence-electron chi connectivity index (χ2n) is 9.37. The molecule has 1 amide bonds. The summed E-state index contributed by atoms with van der Waals surface area (Å²) in [6.07, 6.45) is 5.92. The second kappa shape index (κ2) is 10.3. The van der Waals surface area contributed by atoms with Crippen LogP contribution in [0.3, 0.4) is 0 Å². The third kappa shape index (κ3) is 6.32. The molecule has 2 aromatic heterocycles. The van der Waals surface area contributed by atoms with Crippen molar-refractivity contribution in [2.75, 3.05) is 18.0 Å². The molecule has 1 fully saturated rings. The Morgan fingerprint density at radius 3 is 2.48 bits per heavy atom. The molecule has 1 saturated heterocycles. The van der Waals surface area contributed by atoms with Crippen molar-refractivity contribution in [1.82, 2.24) is 20.3 Å². The molecule has 7 heteroatoms. The predicted molar refractivity (Wildman–Crippen MR) is 134 cm³/mol. The van der Waals surface area contributed by atoms with Crippen LogP contribution in [0.2, 0.25) is 0 Å². The largest absolute Gasteiger partial charge is 0.356 e. The first-order chi connectivity index (χ1) is 15.9. The number of pyridine rings is 1. The van der Waals surface area contributed by atoms with Crippen LogP contribution in [0.5, 0.6) is 0 Å². The summed E-state index contributed by atoms with van der Waals surface area (Å²) in [6, 6.07) is 13.7. The number of nitrogens with one attached hydrogen (secondary N) is 1. The van der Waals surface area contributed by atoms with Crippen LogP contribution in [0.25, 0.3) is 0 Å². The van der Waals surface area contributed by atoms with E-state index < -0.39 is 0 Å². The highest BCUT2D eigenvalue weighted by molar-refractivity contribution is 7.98. The zero-order valence-electron chi connectivity index (χ0n) is 19.5. The zero-order chi connectivity index (χ0) is 23.3. The monoisotopic (exact) mass is 461 g/mol. The third-order valence-electron chi connectivity index (χ3n) is 5.65. The number of benzene rings is 1. The maximum absolute atomic E-state index is 12.4. The fourth-order valence-electron chi connectivity index (χ4n) is 3.66. The van der Waals surface area contributed by atoms with Gasteiger partial charge < -0.3 is 10.2 Å². The minimum Gasteiger partial charge on any atom is -0.356 e. The molecule has 0 spiro atoms. The summed E-state index contributed by atoms with van der Waals surface area (Å²) < 4.78 is 0. The van der Waals surface area contributed by atoms with Gasteiger partial charge in [0.25, 0.3) is 5.91 Å². The summed E-state index contributed by atoms with van der Waals surface area (Å²) in [4.78, 5) is 28.6. The van der Waals surface area contributed by atoms with E-state index in [9.17, 15) is 4.79 Å². The van der Waals surface area contributed by atoms with Gasteiger partial charge in [-0.15, -0.1) is 0 Å². The van der Waals surface area contributed by atoms with E-state index in [1.54, 1.807) is 24.2 Å². The molecule has 0 aliphatic carbocycles. The summed E-state index contributed by atoms with van der Waals surface area (Å²) in [5, 5.41) is 3.74. The number of rotatable bonds is 7. The van der Waals surface area contributed by atoms with Crippen LogP contribution < -0.4 is 10.2 Å². The minimum atomic E-state index is -0.0884. The van der Waals surface area contributed by atoms with E-state index in [1.165, 1.54) is 12.8 Å². The first kappa shape index (κ1) is 23.2. The van der Waals surface area contributed by atoms with E-state index in [0.29, 0.717) is 12.1 Å². The molecule has 1 N–H and O–H groups in total. The highest BCUT2D eigenvalue weighted by atomic mass is 32.2. The van der Waals surface area contributed by atoms with Crippen LogP contribution >= 0.6 is 11.8 Å². The van der Waals surface area contributed by atoms with E-state index in [-0.39, 0.29) is 11.3 Å². The highest BCUT2D eigenvalue weighted by Gasteiger charge is 2.21. The number of hydrogen-bond donors (Lipinski definition) is 1. The Hall–Kier alpha value is -2.93. The van der Waals surface area contributed by atoms with Gasteiger partial charge in [-0.25, -0.2) is 9.97 Å². The molecule has 4 rings (SSSR count). The van der Waals surface area contributed by atoms with E-state index in [2.05, 4.69) is 42.0 Å². The van der Waals surface area contributed by atoms with E-state index in [0.717, 1.165) is 46.6 Å². The van der Waals surface area contributed by atoms with Crippen LogP contribution in [0.4, 0.5) is 5.82 Å². The third-order valence-corrected chi connectivity index (χ3v) is 6.57. The van der Waals surface area contributed by atoms with Crippen LogP contribution in [0, 0.1) is 0 Å². The molecule has 3 heterocycles. The van der Waals surface area contributed by atoms with Crippen molar-refractivity contribution < 1.29 is 4.79 Å². The van der Waals surface area contributed by atoms with Crippen LogP contribution in [-0.2, 0) is 17.7 Å². The quantitative estimate of drug-likeness (QED) is 0.395. The average molecular weight is 462 g/mol. The van der Waals surface area contributed by atoms with Crippen LogP contribution in [0.1, 0.15) is 60.8 Å². The lowest BCUT2D eigenvalue weighted by atomic mass is 9.92. The van der Waals surface area contributed by atoms with Crippen molar-refractivity contribution in [3.05, 3.63) is 77.2 Å². The number of aromatic nitrogens is 3. The van der Waals surface area contributed by atoms with E-state index in [4.69, 9.17) is 9.97 Å². The lowest BCUT2D eigenvalue weighted by Gasteiger charge is -2.23. The normalized spacial score (nSPS) is 13.8. The van der Waals surface area contributed by atoms with Gasteiger partial charge in [0, 0.05) is 54.8 Å². The Kier molecular flexibility index (Phi) is 7.28. The number of carbonyl (C=O) groups is 1. The van der Waals surface area contributed by atoms with Gasteiger partial charge in [-0.1, -0.05) is 50.7 Å². The lowest BCUT2D eigenvalue weighted by Crippen LogP contribution is -2.22. The summed E-state index contributed by atoms with van der Waals surface area (Å²) in [7, 11) is 0. The summed E-state index contributed by atoms with van der Waals surface area (Å²) in [6.45, 7) is 9.16. The van der Waals surface area contributed by atoms with Gasteiger partial charge in [-0.2, -0.15) is 0 Å². The number of nitrogens with zero attached hydrogens (tertiary/aromatic N) is 4. The summed E-state index contributed by atoms with van der Waals surface area (Å²) in [5.74, 6) is 1.70. The molecule has 6 nitrogen and oxygen atoms in total. The molecule has 3 aromatic rings. The molecule has 1 aliphatic heterocycles. The Labute approximate surface area is 200 Å². The molecule has 0 atom stereocenters. The Balaban J connectivity index is 1.39. The van der Waals surface area contributed by atoms with Gasteiger partial charge in [-0.05, 0) is 42.2 Å². The molecular weight excluding hydrogens is 430 g/mol. The molecule has 172 valence electrons. The number of amides is 1.